The van der Waals surface area contributed by atoms with Crippen molar-refractivity contribution in [2.45, 2.75) is 38.6 Å². The van der Waals surface area contributed by atoms with Gasteiger partial charge in [-0.15, -0.1) is 11.8 Å². The fourth-order valence-electron chi connectivity index (χ4n) is 0.859. The summed E-state index contributed by atoms with van der Waals surface area (Å²) in [5.74, 6) is 5.24. The Morgan fingerprint density at radius 2 is 2.20 bits per heavy atom. The Hall–Kier alpha value is -1.52. The normalized spacial score (nSPS) is 10.7. The summed E-state index contributed by atoms with van der Waals surface area (Å²) < 4.78 is 4.72. The molecule has 0 aromatic heterocycles. The first-order valence-electron chi connectivity index (χ1n) is 4.97. The number of carbonyl (C=O) groups is 1. The highest BCUT2D eigenvalue weighted by Gasteiger charge is 2.11. The third-order valence-electron chi connectivity index (χ3n) is 1.63. The molecular weight excluding hydrogens is 192 g/mol. The van der Waals surface area contributed by atoms with E-state index in [1.807, 2.05) is 6.07 Å². The molecule has 0 fully saturated rings. The molecule has 0 aromatic carbocycles. The van der Waals surface area contributed by atoms with Gasteiger partial charge in [0, 0.05) is 19.3 Å². The number of hydrogen-bond donors (Lipinski definition) is 1. The molecule has 15 heavy (non-hydrogen) atoms. The number of nitriles is 1. The van der Waals surface area contributed by atoms with Gasteiger partial charge in [-0.3, -0.25) is 4.79 Å². The first-order valence-corrected chi connectivity index (χ1v) is 4.97. The Labute approximate surface area is 90.4 Å². The number of unbranched alkanes of at least 4 members (excludes halogenated alkanes) is 2. The first kappa shape index (κ1) is 13.5. The van der Waals surface area contributed by atoms with Gasteiger partial charge in [0.2, 0.25) is 0 Å². The number of hydrogen-bond acceptors (Lipinski definition) is 4. The highest BCUT2D eigenvalue weighted by atomic mass is 16.5. The van der Waals surface area contributed by atoms with E-state index < -0.39 is 12.0 Å². The van der Waals surface area contributed by atoms with Crippen LogP contribution >= 0.6 is 0 Å². The molecule has 82 valence electrons. The molecule has 0 aromatic rings. The molecule has 0 aliphatic rings. The standard InChI is InChI=1S/C11H16N2O2/c1-2-15-11(14)10(13)8-6-4-3-5-7-9-12/h10H,2-3,5,7-8,13H2,1H3. The van der Waals surface area contributed by atoms with Crippen LogP contribution in [0, 0.1) is 23.2 Å². The quantitative estimate of drug-likeness (QED) is 0.415. The van der Waals surface area contributed by atoms with Gasteiger partial charge in [-0.2, -0.15) is 5.26 Å². The number of ether oxygens (including phenoxy) is 1. The van der Waals surface area contributed by atoms with Crippen molar-refractivity contribution in [3.8, 4) is 17.9 Å². The maximum absolute atomic E-state index is 11.1. The third-order valence-corrected chi connectivity index (χ3v) is 1.63. The second-order valence-corrected chi connectivity index (χ2v) is 2.93. The molecule has 2 N–H and O–H groups in total. The minimum atomic E-state index is -0.659. The summed E-state index contributed by atoms with van der Waals surface area (Å²) in [6, 6.07) is 1.38. The molecule has 0 radical (unpaired) electrons. The molecule has 0 heterocycles. The van der Waals surface area contributed by atoms with Gasteiger partial charge in [-0.25, -0.2) is 0 Å². The molecular formula is C11H16N2O2. The number of carbonyl (C=O) groups excluding carboxylic acids is 1. The van der Waals surface area contributed by atoms with E-state index >= 15 is 0 Å². The van der Waals surface area contributed by atoms with Gasteiger partial charge < -0.3 is 10.5 Å². The van der Waals surface area contributed by atoms with Crippen molar-refractivity contribution >= 4 is 5.97 Å². The van der Waals surface area contributed by atoms with Gasteiger partial charge in [0.25, 0.3) is 0 Å². The Bertz CT molecular complexity index is 283. The number of rotatable bonds is 5. The topological polar surface area (TPSA) is 76.1 Å². The van der Waals surface area contributed by atoms with Crippen LogP contribution in [0.1, 0.15) is 32.6 Å². The van der Waals surface area contributed by atoms with E-state index in [9.17, 15) is 4.79 Å². The van der Waals surface area contributed by atoms with Gasteiger partial charge in [0.15, 0.2) is 0 Å². The molecule has 0 saturated heterocycles. The smallest absolute Gasteiger partial charge is 0.323 e. The molecule has 4 heteroatoms. The van der Waals surface area contributed by atoms with Crippen molar-refractivity contribution in [2.75, 3.05) is 6.61 Å². The Morgan fingerprint density at radius 1 is 1.47 bits per heavy atom. The van der Waals surface area contributed by atoms with E-state index in [-0.39, 0.29) is 0 Å². The van der Waals surface area contributed by atoms with Crippen LogP contribution in [0.25, 0.3) is 0 Å². The Kier molecular flexibility index (Phi) is 8.13. The van der Waals surface area contributed by atoms with Crippen LogP contribution < -0.4 is 5.73 Å². The monoisotopic (exact) mass is 208 g/mol. The summed E-state index contributed by atoms with van der Waals surface area (Å²) in [5.41, 5.74) is 5.51. The predicted molar refractivity (Wildman–Crippen MR) is 56.5 cm³/mol. The molecule has 0 aliphatic carbocycles. The molecule has 1 atom stereocenters. The molecule has 0 aliphatic heterocycles. The minimum absolute atomic E-state index is 0.311. The van der Waals surface area contributed by atoms with E-state index in [4.69, 9.17) is 15.7 Å². The van der Waals surface area contributed by atoms with Gasteiger partial charge in [0.05, 0.1) is 12.7 Å². The van der Waals surface area contributed by atoms with E-state index in [0.717, 1.165) is 6.42 Å². The second-order valence-electron chi connectivity index (χ2n) is 2.93. The molecule has 0 rings (SSSR count). The minimum Gasteiger partial charge on any atom is -0.465 e. The first-order chi connectivity index (χ1) is 7.22. The summed E-state index contributed by atoms with van der Waals surface area (Å²) >= 11 is 0. The fraction of sp³-hybridized carbons (Fsp3) is 0.636. The fourth-order valence-corrected chi connectivity index (χ4v) is 0.859. The summed E-state index contributed by atoms with van der Waals surface area (Å²) in [7, 11) is 0. The SMILES string of the molecule is CCOC(=O)C(N)CC#CCCCC#N. The Morgan fingerprint density at radius 3 is 2.80 bits per heavy atom. The second kappa shape index (κ2) is 9.05. The molecule has 0 saturated carbocycles. The molecule has 0 amide bonds. The summed E-state index contributed by atoms with van der Waals surface area (Å²) in [6.07, 6.45) is 2.26. The lowest BCUT2D eigenvalue weighted by Crippen LogP contribution is -2.31. The van der Waals surface area contributed by atoms with E-state index in [0.29, 0.717) is 25.9 Å². The number of nitrogens with zero attached hydrogens (tertiary/aromatic N) is 1. The zero-order valence-corrected chi connectivity index (χ0v) is 8.95. The average Bonchev–Trinajstić information content (AvgIpc) is 2.23. The lowest BCUT2D eigenvalue weighted by molar-refractivity contribution is -0.144. The van der Waals surface area contributed by atoms with Crippen molar-refractivity contribution < 1.29 is 9.53 Å². The van der Waals surface area contributed by atoms with Crippen molar-refractivity contribution in [1.82, 2.24) is 0 Å². The lowest BCUT2D eigenvalue weighted by Gasteiger charge is -2.05. The van der Waals surface area contributed by atoms with Crippen LogP contribution in [-0.4, -0.2) is 18.6 Å². The summed E-state index contributed by atoms with van der Waals surface area (Å²) in [5, 5.41) is 8.26. The van der Waals surface area contributed by atoms with Gasteiger partial charge in [-0.05, 0) is 13.3 Å². The van der Waals surface area contributed by atoms with Crippen molar-refractivity contribution in [3.05, 3.63) is 0 Å². The highest BCUT2D eigenvalue weighted by Crippen LogP contribution is 1.93. The van der Waals surface area contributed by atoms with Crippen LogP contribution in [0.2, 0.25) is 0 Å². The lowest BCUT2D eigenvalue weighted by atomic mass is 10.2. The van der Waals surface area contributed by atoms with Crippen LogP contribution in [0.4, 0.5) is 0 Å². The third kappa shape index (κ3) is 7.54. The summed E-state index contributed by atoms with van der Waals surface area (Å²) in [4.78, 5) is 11.1. The number of nitrogens with two attached hydrogens (primary N) is 1. The maximum Gasteiger partial charge on any atom is 0.323 e. The average molecular weight is 208 g/mol. The van der Waals surface area contributed by atoms with E-state index in [1.165, 1.54) is 0 Å². The predicted octanol–water partition coefficient (Wildman–Crippen LogP) is 0.964. The van der Waals surface area contributed by atoms with Crippen molar-refractivity contribution in [1.29, 1.82) is 5.26 Å². The Balaban J connectivity index is 3.65. The largest absolute Gasteiger partial charge is 0.465 e. The molecule has 0 spiro atoms. The van der Waals surface area contributed by atoms with Crippen LogP contribution in [0.15, 0.2) is 0 Å². The zero-order valence-electron chi connectivity index (χ0n) is 8.95. The van der Waals surface area contributed by atoms with Gasteiger partial charge in [-0.1, -0.05) is 0 Å². The maximum atomic E-state index is 11.1. The number of esters is 1. The highest BCUT2D eigenvalue weighted by molar-refractivity contribution is 5.75. The van der Waals surface area contributed by atoms with E-state index in [1.54, 1.807) is 6.92 Å². The zero-order chi connectivity index (χ0) is 11.5. The van der Waals surface area contributed by atoms with Gasteiger partial charge in [0.1, 0.15) is 6.04 Å². The van der Waals surface area contributed by atoms with Crippen LogP contribution in [0.5, 0.6) is 0 Å². The molecule has 0 bridgehead atoms. The van der Waals surface area contributed by atoms with Gasteiger partial charge >= 0.3 is 5.97 Å². The van der Waals surface area contributed by atoms with E-state index in [2.05, 4.69) is 11.8 Å². The molecule has 1 unspecified atom stereocenters. The summed E-state index contributed by atoms with van der Waals surface area (Å²) in [6.45, 7) is 2.07. The van der Waals surface area contributed by atoms with Crippen LogP contribution in [0.3, 0.4) is 0 Å². The van der Waals surface area contributed by atoms with Crippen molar-refractivity contribution in [3.63, 3.8) is 0 Å². The van der Waals surface area contributed by atoms with Crippen molar-refractivity contribution in [2.24, 2.45) is 5.73 Å². The van der Waals surface area contributed by atoms with Crippen LogP contribution in [-0.2, 0) is 9.53 Å². The molecule has 4 nitrogen and oxygen atoms in total.